The molecule has 2 heteroatoms. The molecule has 1 aliphatic carbocycles. The van der Waals surface area contributed by atoms with E-state index in [-0.39, 0.29) is 6.10 Å². The quantitative estimate of drug-likeness (QED) is 0.748. The largest absolute Gasteiger partial charge is 0.393 e. The maximum atomic E-state index is 9.49. The monoisotopic (exact) mass is 191 g/mol. The second-order valence-corrected chi connectivity index (χ2v) is 4.07. The fourth-order valence-corrected chi connectivity index (χ4v) is 2.36. The Bertz CT molecular complexity index is 311. The first-order valence-corrected chi connectivity index (χ1v) is 5.27. The van der Waals surface area contributed by atoms with Crippen molar-refractivity contribution >= 4 is 0 Å². The van der Waals surface area contributed by atoms with Crippen LogP contribution in [-0.4, -0.2) is 11.2 Å². The second kappa shape index (κ2) is 4.11. The zero-order valence-corrected chi connectivity index (χ0v) is 8.32. The zero-order chi connectivity index (χ0) is 9.97. The van der Waals surface area contributed by atoms with Crippen LogP contribution in [-0.2, 0) is 6.54 Å². The Labute approximate surface area is 84.7 Å². The summed E-state index contributed by atoms with van der Waals surface area (Å²) in [6.07, 6.45) is 2.82. The molecule has 0 spiro atoms. The average molecular weight is 191 g/mol. The number of aliphatic hydroxyl groups is 1. The molecule has 1 aromatic rings. The van der Waals surface area contributed by atoms with Crippen molar-refractivity contribution in [1.82, 2.24) is 0 Å². The summed E-state index contributed by atoms with van der Waals surface area (Å²) in [5, 5.41) is 9.49. The first-order chi connectivity index (χ1) is 6.81. The van der Waals surface area contributed by atoms with Crippen molar-refractivity contribution in [3.63, 3.8) is 0 Å². The zero-order valence-electron chi connectivity index (χ0n) is 8.32. The van der Waals surface area contributed by atoms with Crippen molar-refractivity contribution in [3.8, 4) is 0 Å². The number of hydrogen-bond donors (Lipinski definition) is 2. The molecular weight excluding hydrogens is 174 g/mol. The Morgan fingerprint density at radius 1 is 1.29 bits per heavy atom. The maximum absolute atomic E-state index is 9.49. The van der Waals surface area contributed by atoms with Crippen molar-refractivity contribution in [1.29, 1.82) is 0 Å². The van der Waals surface area contributed by atoms with Crippen LogP contribution in [0.2, 0.25) is 0 Å². The van der Waals surface area contributed by atoms with Gasteiger partial charge in [0.05, 0.1) is 6.10 Å². The molecule has 3 N–H and O–H groups in total. The van der Waals surface area contributed by atoms with Crippen LogP contribution in [0.3, 0.4) is 0 Å². The Kier molecular flexibility index (Phi) is 2.85. The lowest BCUT2D eigenvalue weighted by atomic mass is 9.93. The van der Waals surface area contributed by atoms with Crippen LogP contribution in [0.4, 0.5) is 0 Å². The molecule has 0 aliphatic heterocycles. The van der Waals surface area contributed by atoms with Gasteiger partial charge in [0.25, 0.3) is 0 Å². The van der Waals surface area contributed by atoms with Gasteiger partial charge in [-0.15, -0.1) is 0 Å². The van der Waals surface area contributed by atoms with Crippen LogP contribution in [0.5, 0.6) is 0 Å². The second-order valence-electron chi connectivity index (χ2n) is 4.07. The molecule has 2 nitrogen and oxygen atoms in total. The molecule has 0 radical (unpaired) electrons. The van der Waals surface area contributed by atoms with Crippen LogP contribution >= 0.6 is 0 Å². The molecule has 2 atom stereocenters. The third-order valence-electron chi connectivity index (χ3n) is 3.12. The van der Waals surface area contributed by atoms with E-state index in [2.05, 4.69) is 18.2 Å². The number of benzene rings is 1. The molecule has 0 heterocycles. The van der Waals surface area contributed by atoms with Crippen LogP contribution < -0.4 is 5.73 Å². The molecule has 1 fully saturated rings. The average Bonchev–Trinajstić information content (AvgIpc) is 2.65. The summed E-state index contributed by atoms with van der Waals surface area (Å²) < 4.78 is 0. The van der Waals surface area contributed by atoms with Crippen molar-refractivity contribution in [2.24, 2.45) is 5.73 Å². The van der Waals surface area contributed by atoms with Crippen LogP contribution in [0.25, 0.3) is 0 Å². The lowest BCUT2D eigenvalue weighted by Gasteiger charge is -2.13. The predicted octanol–water partition coefficient (Wildman–Crippen LogP) is 1.77. The number of aliphatic hydroxyl groups excluding tert-OH is 1. The smallest absolute Gasteiger partial charge is 0.0546 e. The van der Waals surface area contributed by atoms with Crippen molar-refractivity contribution in [2.45, 2.75) is 37.8 Å². The highest BCUT2D eigenvalue weighted by molar-refractivity contribution is 5.31. The minimum absolute atomic E-state index is 0.106. The summed E-state index contributed by atoms with van der Waals surface area (Å²) in [5.41, 5.74) is 8.26. The molecule has 1 aliphatic rings. The normalized spacial score (nSPS) is 26.7. The van der Waals surface area contributed by atoms with Gasteiger partial charge in [-0.05, 0) is 36.3 Å². The Balaban J connectivity index is 2.22. The first-order valence-electron chi connectivity index (χ1n) is 5.27. The van der Waals surface area contributed by atoms with E-state index in [9.17, 15) is 5.11 Å². The van der Waals surface area contributed by atoms with E-state index in [1.165, 1.54) is 11.1 Å². The van der Waals surface area contributed by atoms with E-state index in [4.69, 9.17) is 5.73 Å². The molecule has 2 rings (SSSR count). The van der Waals surface area contributed by atoms with Gasteiger partial charge >= 0.3 is 0 Å². The molecule has 0 saturated heterocycles. The van der Waals surface area contributed by atoms with Gasteiger partial charge in [0.2, 0.25) is 0 Å². The third-order valence-corrected chi connectivity index (χ3v) is 3.12. The lowest BCUT2D eigenvalue weighted by molar-refractivity contribution is 0.181. The molecule has 0 amide bonds. The summed E-state index contributed by atoms with van der Waals surface area (Å²) in [6, 6.07) is 8.31. The maximum Gasteiger partial charge on any atom is 0.0546 e. The highest BCUT2D eigenvalue weighted by Gasteiger charge is 2.25. The summed E-state index contributed by atoms with van der Waals surface area (Å²) in [4.78, 5) is 0. The van der Waals surface area contributed by atoms with Crippen molar-refractivity contribution < 1.29 is 5.11 Å². The van der Waals surface area contributed by atoms with E-state index in [0.717, 1.165) is 19.3 Å². The minimum atomic E-state index is -0.106. The topological polar surface area (TPSA) is 46.2 Å². The number of rotatable bonds is 2. The van der Waals surface area contributed by atoms with E-state index in [0.29, 0.717) is 12.5 Å². The first kappa shape index (κ1) is 9.69. The van der Waals surface area contributed by atoms with Gasteiger partial charge in [-0.1, -0.05) is 24.3 Å². The minimum Gasteiger partial charge on any atom is -0.393 e. The lowest BCUT2D eigenvalue weighted by Crippen LogP contribution is -2.05. The third kappa shape index (κ3) is 1.81. The van der Waals surface area contributed by atoms with Crippen LogP contribution in [0.1, 0.15) is 36.3 Å². The Morgan fingerprint density at radius 2 is 2.07 bits per heavy atom. The molecule has 1 aromatic carbocycles. The number of hydrogen-bond acceptors (Lipinski definition) is 2. The van der Waals surface area contributed by atoms with Crippen LogP contribution in [0.15, 0.2) is 24.3 Å². The Morgan fingerprint density at radius 3 is 2.71 bits per heavy atom. The van der Waals surface area contributed by atoms with Gasteiger partial charge in [0, 0.05) is 6.54 Å². The van der Waals surface area contributed by atoms with Gasteiger partial charge in [-0.3, -0.25) is 0 Å². The summed E-state index contributed by atoms with van der Waals surface area (Å²) in [7, 11) is 0. The van der Waals surface area contributed by atoms with E-state index < -0.39 is 0 Å². The molecule has 2 unspecified atom stereocenters. The fourth-order valence-electron chi connectivity index (χ4n) is 2.36. The van der Waals surface area contributed by atoms with Gasteiger partial charge in [0.15, 0.2) is 0 Å². The number of nitrogens with two attached hydrogens (primary N) is 1. The summed E-state index contributed by atoms with van der Waals surface area (Å²) in [6.45, 7) is 0.600. The molecule has 14 heavy (non-hydrogen) atoms. The van der Waals surface area contributed by atoms with E-state index >= 15 is 0 Å². The molecule has 0 aromatic heterocycles. The predicted molar refractivity (Wildman–Crippen MR) is 56.9 cm³/mol. The van der Waals surface area contributed by atoms with Gasteiger partial charge in [0.1, 0.15) is 0 Å². The van der Waals surface area contributed by atoms with Crippen LogP contribution in [0, 0.1) is 0 Å². The van der Waals surface area contributed by atoms with Crippen molar-refractivity contribution in [2.75, 3.05) is 0 Å². The van der Waals surface area contributed by atoms with Crippen molar-refractivity contribution in [3.05, 3.63) is 35.4 Å². The van der Waals surface area contributed by atoms with Gasteiger partial charge in [-0.25, -0.2) is 0 Å². The van der Waals surface area contributed by atoms with E-state index in [1.807, 2.05) is 6.07 Å². The fraction of sp³-hybridized carbons (Fsp3) is 0.500. The standard InChI is InChI=1S/C12H17NO/c13-8-10-3-1-2-4-12(10)9-5-6-11(14)7-9/h1-4,9,11,14H,5-8,13H2. The SMILES string of the molecule is NCc1ccccc1C1CCC(O)C1. The van der Waals surface area contributed by atoms with Gasteiger partial charge < -0.3 is 10.8 Å². The summed E-state index contributed by atoms with van der Waals surface area (Å²) in [5.74, 6) is 0.518. The van der Waals surface area contributed by atoms with Gasteiger partial charge in [-0.2, -0.15) is 0 Å². The van der Waals surface area contributed by atoms with E-state index in [1.54, 1.807) is 0 Å². The Hall–Kier alpha value is -0.860. The summed E-state index contributed by atoms with van der Waals surface area (Å²) >= 11 is 0. The molecule has 0 bridgehead atoms. The molecular formula is C12H17NO. The highest BCUT2D eigenvalue weighted by atomic mass is 16.3. The molecule has 76 valence electrons. The molecule has 1 saturated carbocycles. The highest BCUT2D eigenvalue weighted by Crippen LogP contribution is 2.35.